The van der Waals surface area contributed by atoms with Crippen LogP contribution in [0.25, 0.3) is 0 Å². The Bertz CT molecular complexity index is 345. The van der Waals surface area contributed by atoms with Gasteiger partial charge < -0.3 is 14.9 Å². The van der Waals surface area contributed by atoms with Gasteiger partial charge >= 0.3 is 0 Å². The van der Waals surface area contributed by atoms with Gasteiger partial charge in [-0.25, -0.2) is 0 Å². The summed E-state index contributed by atoms with van der Waals surface area (Å²) in [6.45, 7) is 4.20. The fraction of sp³-hybridized carbons (Fsp3) is 0.538. The van der Waals surface area contributed by atoms with Gasteiger partial charge in [0, 0.05) is 12.2 Å². The molecule has 1 aromatic carbocycles. The van der Waals surface area contributed by atoms with Crippen molar-refractivity contribution < 1.29 is 14.9 Å². The van der Waals surface area contributed by atoms with Gasteiger partial charge in [0.2, 0.25) is 0 Å². The molecule has 0 aliphatic rings. The van der Waals surface area contributed by atoms with Crippen molar-refractivity contribution >= 4 is 0 Å². The smallest absolute Gasteiger partial charge is 0.128 e. The van der Waals surface area contributed by atoms with E-state index in [1.54, 1.807) is 7.11 Å². The number of hydrogen-bond acceptors (Lipinski definition) is 3. The minimum Gasteiger partial charge on any atom is -0.496 e. The molecule has 2 N–H and O–H groups in total. The lowest BCUT2D eigenvalue weighted by molar-refractivity contribution is 0.267. The van der Waals surface area contributed by atoms with Gasteiger partial charge in [-0.1, -0.05) is 26.0 Å². The standard InChI is InChI=1S/C13H20O3/c1-9(2)11-5-4-10(6-7-14)12(8-15)13(11)16-3/h4-5,9,14-15H,6-8H2,1-3H3. The lowest BCUT2D eigenvalue weighted by Gasteiger charge is -2.18. The second kappa shape index (κ2) is 5.87. The molecule has 0 aromatic heterocycles. The van der Waals surface area contributed by atoms with Crippen LogP contribution in [0.5, 0.6) is 5.75 Å². The van der Waals surface area contributed by atoms with Gasteiger partial charge in [0.1, 0.15) is 5.75 Å². The van der Waals surface area contributed by atoms with Crippen LogP contribution in [0.2, 0.25) is 0 Å². The molecular weight excluding hydrogens is 204 g/mol. The Hall–Kier alpha value is -1.06. The lowest BCUT2D eigenvalue weighted by Crippen LogP contribution is -2.04. The molecule has 1 aromatic rings. The first kappa shape index (κ1) is 13.0. The van der Waals surface area contributed by atoms with Crippen LogP contribution in [0.15, 0.2) is 12.1 Å². The van der Waals surface area contributed by atoms with Crippen LogP contribution in [0.3, 0.4) is 0 Å². The quantitative estimate of drug-likeness (QED) is 0.802. The Labute approximate surface area is 96.7 Å². The van der Waals surface area contributed by atoms with Crippen LogP contribution in [0.1, 0.15) is 36.5 Å². The van der Waals surface area contributed by atoms with Gasteiger partial charge in [-0.15, -0.1) is 0 Å². The van der Waals surface area contributed by atoms with E-state index in [0.29, 0.717) is 12.3 Å². The Morgan fingerprint density at radius 2 is 1.94 bits per heavy atom. The average Bonchev–Trinajstić information content (AvgIpc) is 2.28. The van der Waals surface area contributed by atoms with E-state index in [0.717, 1.165) is 22.4 Å². The summed E-state index contributed by atoms with van der Waals surface area (Å²) in [4.78, 5) is 0. The molecule has 0 radical (unpaired) electrons. The Balaban J connectivity index is 3.28. The third-order valence-electron chi connectivity index (χ3n) is 2.75. The molecule has 3 heteroatoms. The van der Waals surface area contributed by atoms with Crippen LogP contribution in [-0.4, -0.2) is 23.9 Å². The van der Waals surface area contributed by atoms with Gasteiger partial charge in [-0.2, -0.15) is 0 Å². The Morgan fingerprint density at radius 3 is 2.38 bits per heavy atom. The molecule has 0 saturated carbocycles. The molecule has 0 atom stereocenters. The van der Waals surface area contributed by atoms with Crippen LogP contribution in [0, 0.1) is 0 Å². The number of aliphatic hydroxyl groups is 2. The first-order valence-corrected chi connectivity index (χ1v) is 5.56. The predicted octanol–water partition coefficient (Wildman–Crippen LogP) is 1.85. The number of ether oxygens (including phenoxy) is 1. The maximum atomic E-state index is 9.40. The molecule has 1 rings (SSSR count). The topological polar surface area (TPSA) is 49.7 Å². The molecule has 0 aliphatic carbocycles. The molecule has 90 valence electrons. The number of benzene rings is 1. The Kier molecular flexibility index (Phi) is 4.77. The van der Waals surface area contributed by atoms with E-state index in [9.17, 15) is 5.11 Å². The summed E-state index contributed by atoms with van der Waals surface area (Å²) in [5, 5.41) is 18.4. The largest absolute Gasteiger partial charge is 0.496 e. The van der Waals surface area contributed by atoms with Gasteiger partial charge in [0.25, 0.3) is 0 Å². The van der Waals surface area contributed by atoms with Crippen molar-refractivity contribution in [1.29, 1.82) is 0 Å². The van der Waals surface area contributed by atoms with E-state index in [1.165, 1.54) is 0 Å². The molecule has 0 heterocycles. The molecule has 0 bridgehead atoms. The normalized spacial score (nSPS) is 10.9. The molecule has 16 heavy (non-hydrogen) atoms. The highest BCUT2D eigenvalue weighted by Gasteiger charge is 2.15. The van der Waals surface area contributed by atoms with Crippen molar-refractivity contribution in [2.24, 2.45) is 0 Å². The van der Waals surface area contributed by atoms with Crippen molar-refractivity contribution in [1.82, 2.24) is 0 Å². The van der Waals surface area contributed by atoms with E-state index in [2.05, 4.69) is 13.8 Å². The maximum Gasteiger partial charge on any atom is 0.128 e. The zero-order valence-corrected chi connectivity index (χ0v) is 10.2. The number of rotatable bonds is 5. The third kappa shape index (κ3) is 2.54. The van der Waals surface area contributed by atoms with E-state index < -0.39 is 0 Å². The van der Waals surface area contributed by atoms with Crippen molar-refractivity contribution in [3.8, 4) is 5.75 Å². The number of hydrogen-bond donors (Lipinski definition) is 2. The van der Waals surface area contributed by atoms with E-state index in [1.807, 2.05) is 12.1 Å². The van der Waals surface area contributed by atoms with Gasteiger partial charge in [0.05, 0.1) is 13.7 Å². The highest BCUT2D eigenvalue weighted by atomic mass is 16.5. The van der Waals surface area contributed by atoms with Gasteiger partial charge in [-0.3, -0.25) is 0 Å². The fourth-order valence-corrected chi connectivity index (χ4v) is 1.91. The Morgan fingerprint density at radius 1 is 1.25 bits per heavy atom. The SMILES string of the molecule is COc1c(C(C)C)ccc(CCO)c1CO. The zero-order chi connectivity index (χ0) is 12.1. The molecule has 0 aliphatic heterocycles. The van der Waals surface area contributed by atoms with Gasteiger partial charge in [-0.05, 0) is 23.5 Å². The second-order valence-corrected chi connectivity index (χ2v) is 4.11. The van der Waals surface area contributed by atoms with Crippen LogP contribution in [-0.2, 0) is 13.0 Å². The monoisotopic (exact) mass is 224 g/mol. The van der Waals surface area contributed by atoms with Crippen molar-refractivity contribution in [3.63, 3.8) is 0 Å². The van der Waals surface area contributed by atoms with Crippen molar-refractivity contribution in [2.75, 3.05) is 13.7 Å². The summed E-state index contributed by atoms with van der Waals surface area (Å²) in [7, 11) is 1.61. The minimum atomic E-state index is -0.0565. The van der Waals surface area contributed by atoms with Crippen LogP contribution >= 0.6 is 0 Å². The molecule has 0 saturated heterocycles. The highest BCUT2D eigenvalue weighted by molar-refractivity contribution is 5.47. The lowest BCUT2D eigenvalue weighted by atomic mass is 9.94. The molecular formula is C13H20O3. The molecule has 0 unspecified atom stereocenters. The third-order valence-corrected chi connectivity index (χ3v) is 2.75. The maximum absolute atomic E-state index is 9.40. The first-order chi connectivity index (χ1) is 7.65. The molecule has 0 amide bonds. The summed E-state index contributed by atoms with van der Waals surface area (Å²) in [6, 6.07) is 3.97. The summed E-state index contributed by atoms with van der Waals surface area (Å²) < 4.78 is 5.37. The van der Waals surface area contributed by atoms with Crippen LogP contribution < -0.4 is 4.74 Å². The zero-order valence-electron chi connectivity index (χ0n) is 10.2. The molecule has 0 spiro atoms. The van der Waals surface area contributed by atoms with Crippen molar-refractivity contribution in [2.45, 2.75) is 32.8 Å². The van der Waals surface area contributed by atoms with E-state index in [4.69, 9.17) is 9.84 Å². The molecule has 0 fully saturated rings. The summed E-state index contributed by atoms with van der Waals surface area (Å²) in [6.07, 6.45) is 0.546. The second-order valence-electron chi connectivity index (χ2n) is 4.11. The van der Waals surface area contributed by atoms with Crippen LogP contribution in [0.4, 0.5) is 0 Å². The molecule has 3 nitrogen and oxygen atoms in total. The number of aliphatic hydroxyl groups excluding tert-OH is 2. The first-order valence-electron chi connectivity index (χ1n) is 5.56. The summed E-state index contributed by atoms with van der Waals surface area (Å²) in [5.41, 5.74) is 2.84. The van der Waals surface area contributed by atoms with Crippen molar-refractivity contribution in [3.05, 3.63) is 28.8 Å². The number of methoxy groups -OCH3 is 1. The fourth-order valence-electron chi connectivity index (χ4n) is 1.91. The summed E-state index contributed by atoms with van der Waals surface area (Å²) in [5.74, 6) is 1.10. The van der Waals surface area contributed by atoms with E-state index in [-0.39, 0.29) is 13.2 Å². The predicted molar refractivity (Wildman–Crippen MR) is 63.8 cm³/mol. The highest BCUT2D eigenvalue weighted by Crippen LogP contribution is 2.32. The average molecular weight is 224 g/mol. The van der Waals surface area contributed by atoms with Gasteiger partial charge in [0.15, 0.2) is 0 Å². The van der Waals surface area contributed by atoms with E-state index >= 15 is 0 Å². The summed E-state index contributed by atoms with van der Waals surface area (Å²) >= 11 is 0. The minimum absolute atomic E-state index is 0.0565.